The van der Waals surface area contributed by atoms with Crippen LogP contribution >= 0.6 is 0 Å². The first kappa shape index (κ1) is 14.5. The van der Waals surface area contributed by atoms with E-state index in [4.69, 9.17) is 15.2 Å². The first-order chi connectivity index (χ1) is 8.20. The van der Waals surface area contributed by atoms with Crippen LogP contribution in [0.25, 0.3) is 0 Å². The molecular formula is C12H16F3NO2. The summed E-state index contributed by atoms with van der Waals surface area (Å²) in [6.45, 7) is 4.54. The standard InChI is InChI=1S/C12H16F3NO2/c1-7(2)17-11-6-9(4-5-10(11)16)18-8(3)12(13,14)15/h4-8H,16H2,1-3H3. The van der Waals surface area contributed by atoms with Crippen molar-refractivity contribution in [1.29, 1.82) is 0 Å². The summed E-state index contributed by atoms with van der Waals surface area (Å²) in [5.74, 6) is 0.390. The molecule has 0 spiro atoms. The predicted molar refractivity (Wildman–Crippen MR) is 62.8 cm³/mol. The molecule has 1 unspecified atom stereocenters. The quantitative estimate of drug-likeness (QED) is 0.847. The number of nitrogens with two attached hydrogens (primary N) is 1. The van der Waals surface area contributed by atoms with E-state index in [1.54, 1.807) is 13.8 Å². The largest absolute Gasteiger partial charge is 0.489 e. The summed E-state index contributed by atoms with van der Waals surface area (Å²) in [5.41, 5.74) is 6.01. The van der Waals surface area contributed by atoms with E-state index in [1.165, 1.54) is 18.2 Å². The number of nitrogen functional groups attached to an aromatic ring is 1. The number of anilines is 1. The molecule has 1 aromatic carbocycles. The zero-order valence-electron chi connectivity index (χ0n) is 10.4. The third kappa shape index (κ3) is 4.01. The van der Waals surface area contributed by atoms with Gasteiger partial charge in [-0.1, -0.05) is 0 Å². The van der Waals surface area contributed by atoms with E-state index in [9.17, 15) is 13.2 Å². The highest BCUT2D eigenvalue weighted by molar-refractivity contribution is 5.55. The molecule has 0 bridgehead atoms. The summed E-state index contributed by atoms with van der Waals surface area (Å²) in [4.78, 5) is 0. The van der Waals surface area contributed by atoms with Gasteiger partial charge in [-0.05, 0) is 32.9 Å². The second-order valence-electron chi connectivity index (χ2n) is 4.17. The van der Waals surface area contributed by atoms with E-state index >= 15 is 0 Å². The van der Waals surface area contributed by atoms with Gasteiger partial charge in [0.05, 0.1) is 11.8 Å². The molecule has 0 saturated heterocycles. The average molecular weight is 263 g/mol. The fourth-order valence-electron chi connectivity index (χ4n) is 1.21. The lowest BCUT2D eigenvalue weighted by molar-refractivity contribution is -0.189. The van der Waals surface area contributed by atoms with Crippen LogP contribution in [-0.2, 0) is 0 Å². The maximum absolute atomic E-state index is 12.3. The van der Waals surface area contributed by atoms with E-state index in [-0.39, 0.29) is 11.9 Å². The first-order valence-corrected chi connectivity index (χ1v) is 5.49. The normalized spacial score (nSPS) is 13.5. The zero-order valence-corrected chi connectivity index (χ0v) is 10.4. The Bertz CT molecular complexity index is 405. The molecule has 1 aromatic rings. The minimum Gasteiger partial charge on any atom is -0.489 e. The van der Waals surface area contributed by atoms with Gasteiger partial charge in [0.15, 0.2) is 6.10 Å². The lowest BCUT2D eigenvalue weighted by atomic mass is 10.2. The Balaban J connectivity index is 2.85. The monoisotopic (exact) mass is 263 g/mol. The van der Waals surface area contributed by atoms with Crippen molar-refractivity contribution in [3.05, 3.63) is 18.2 Å². The van der Waals surface area contributed by atoms with Crippen molar-refractivity contribution < 1.29 is 22.6 Å². The topological polar surface area (TPSA) is 44.5 Å². The van der Waals surface area contributed by atoms with Crippen molar-refractivity contribution in [1.82, 2.24) is 0 Å². The van der Waals surface area contributed by atoms with Crippen molar-refractivity contribution in [2.75, 3.05) is 5.73 Å². The molecule has 0 amide bonds. The van der Waals surface area contributed by atoms with Crippen LogP contribution in [0, 0.1) is 0 Å². The highest BCUT2D eigenvalue weighted by Gasteiger charge is 2.38. The van der Waals surface area contributed by atoms with E-state index < -0.39 is 12.3 Å². The molecular weight excluding hydrogens is 247 g/mol. The molecule has 0 aromatic heterocycles. The van der Waals surface area contributed by atoms with Gasteiger partial charge >= 0.3 is 6.18 Å². The summed E-state index contributed by atoms with van der Waals surface area (Å²) in [5, 5.41) is 0. The van der Waals surface area contributed by atoms with E-state index in [1.807, 2.05) is 0 Å². The van der Waals surface area contributed by atoms with Gasteiger partial charge in [-0.15, -0.1) is 0 Å². The summed E-state index contributed by atoms with van der Waals surface area (Å²) in [7, 11) is 0. The van der Waals surface area contributed by atoms with Gasteiger partial charge in [-0.25, -0.2) is 0 Å². The van der Waals surface area contributed by atoms with Crippen LogP contribution < -0.4 is 15.2 Å². The summed E-state index contributed by atoms with van der Waals surface area (Å²) in [6.07, 6.45) is -6.41. The Kier molecular flexibility index (Phi) is 4.32. The zero-order chi connectivity index (χ0) is 13.9. The second kappa shape index (κ2) is 5.37. The van der Waals surface area contributed by atoms with Crippen molar-refractivity contribution in [2.45, 2.75) is 39.2 Å². The van der Waals surface area contributed by atoms with Crippen LogP contribution in [0.4, 0.5) is 18.9 Å². The van der Waals surface area contributed by atoms with Crippen molar-refractivity contribution in [3.8, 4) is 11.5 Å². The van der Waals surface area contributed by atoms with Crippen LogP contribution in [0.2, 0.25) is 0 Å². The molecule has 0 fully saturated rings. The fourth-order valence-corrected chi connectivity index (χ4v) is 1.21. The summed E-state index contributed by atoms with van der Waals surface area (Å²) in [6, 6.07) is 4.19. The minimum absolute atomic E-state index is 0.0738. The molecule has 0 saturated carbocycles. The summed E-state index contributed by atoms with van der Waals surface area (Å²) < 4.78 is 47.2. The van der Waals surface area contributed by atoms with Crippen molar-refractivity contribution in [3.63, 3.8) is 0 Å². The number of halogens is 3. The molecule has 0 aliphatic heterocycles. The Morgan fingerprint density at radius 2 is 1.72 bits per heavy atom. The minimum atomic E-state index is -4.40. The molecule has 0 aliphatic carbocycles. The van der Waals surface area contributed by atoms with Gasteiger partial charge in [-0.3, -0.25) is 0 Å². The van der Waals surface area contributed by atoms with Gasteiger partial charge < -0.3 is 15.2 Å². The van der Waals surface area contributed by atoms with E-state index in [2.05, 4.69) is 0 Å². The maximum atomic E-state index is 12.3. The number of hydrogen-bond acceptors (Lipinski definition) is 3. The smallest absolute Gasteiger partial charge is 0.425 e. The third-order valence-corrected chi connectivity index (χ3v) is 2.12. The molecule has 3 nitrogen and oxygen atoms in total. The highest BCUT2D eigenvalue weighted by atomic mass is 19.4. The third-order valence-electron chi connectivity index (χ3n) is 2.12. The maximum Gasteiger partial charge on any atom is 0.425 e. The molecule has 102 valence electrons. The predicted octanol–water partition coefficient (Wildman–Crippen LogP) is 3.39. The number of ether oxygens (including phenoxy) is 2. The van der Waals surface area contributed by atoms with E-state index in [0.29, 0.717) is 11.4 Å². The lowest BCUT2D eigenvalue weighted by Gasteiger charge is -2.19. The first-order valence-electron chi connectivity index (χ1n) is 5.49. The Hall–Kier alpha value is -1.59. The van der Waals surface area contributed by atoms with E-state index in [0.717, 1.165) is 6.92 Å². The molecule has 1 rings (SSSR count). The second-order valence-corrected chi connectivity index (χ2v) is 4.17. The number of alkyl halides is 3. The van der Waals surface area contributed by atoms with Crippen LogP contribution in [0.5, 0.6) is 11.5 Å². The SMILES string of the molecule is CC(C)Oc1cc(OC(C)C(F)(F)F)ccc1N. The number of benzene rings is 1. The van der Waals surface area contributed by atoms with Gasteiger partial charge in [0.1, 0.15) is 11.5 Å². The molecule has 1 atom stereocenters. The van der Waals surface area contributed by atoms with Gasteiger partial charge in [0.2, 0.25) is 0 Å². The van der Waals surface area contributed by atoms with Crippen molar-refractivity contribution in [2.24, 2.45) is 0 Å². The Labute approximate surface area is 104 Å². The molecule has 18 heavy (non-hydrogen) atoms. The van der Waals surface area contributed by atoms with Crippen LogP contribution in [0.3, 0.4) is 0 Å². The Morgan fingerprint density at radius 1 is 1.11 bits per heavy atom. The molecule has 2 N–H and O–H groups in total. The molecule has 0 heterocycles. The van der Waals surface area contributed by atoms with Crippen LogP contribution in [0.15, 0.2) is 18.2 Å². The molecule has 0 aliphatic rings. The summed E-state index contributed by atoms with van der Waals surface area (Å²) >= 11 is 0. The fraction of sp³-hybridized carbons (Fsp3) is 0.500. The lowest BCUT2D eigenvalue weighted by Crippen LogP contribution is -2.31. The highest BCUT2D eigenvalue weighted by Crippen LogP contribution is 2.30. The van der Waals surface area contributed by atoms with Gasteiger partial charge in [0.25, 0.3) is 0 Å². The molecule has 0 radical (unpaired) electrons. The van der Waals surface area contributed by atoms with Gasteiger partial charge in [-0.2, -0.15) is 13.2 Å². The molecule has 6 heteroatoms. The number of hydrogen-bond donors (Lipinski definition) is 1. The average Bonchev–Trinajstić information content (AvgIpc) is 2.20. The van der Waals surface area contributed by atoms with Gasteiger partial charge in [0, 0.05) is 6.07 Å². The Morgan fingerprint density at radius 3 is 2.22 bits per heavy atom. The van der Waals surface area contributed by atoms with Crippen molar-refractivity contribution >= 4 is 5.69 Å². The number of rotatable bonds is 4. The van der Waals surface area contributed by atoms with Crippen LogP contribution in [0.1, 0.15) is 20.8 Å². The van der Waals surface area contributed by atoms with Crippen LogP contribution in [-0.4, -0.2) is 18.4 Å².